The second-order valence-corrected chi connectivity index (χ2v) is 7.78. The predicted octanol–water partition coefficient (Wildman–Crippen LogP) is 5.34. The molecule has 2 aromatic carbocycles. The SMILES string of the molecule is COc1ccc2c(c1)SCC1(CCCCC1)N=C2c1ccccc1. The van der Waals surface area contributed by atoms with Gasteiger partial charge in [-0.05, 0) is 31.0 Å². The van der Waals surface area contributed by atoms with Crippen LogP contribution >= 0.6 is 11.8 Å². The highest BCUT2D eigenvalue weighted by atomic mass is 32.2. The molecular weight excluding hydrogens is 314 g/mol. The largest absolute Gasteiger partial charge is 0.497 e. The molecule has 0 saturated heterocycles. The molecule has 24 heavy (non-hydrogen) atoms. The average Bonchev–Trinajstić information content (AvgIpc) is 2.80. The molecule has 0 unspecified atom stereocenters. The molecule has 3 heteroatoms. The van der Waals surface area contributed by atoms with Crippen molar-refractivity contribution in [3.05, 3.63) is 59.7 Å². The summed E-state index contributed by atoms with van der Waals surface area (Å²) in [6.07, 6.45) is 6.36. The summed E-state index contributed by atoms with van der Waals surface area (Å²) in [5, 5.41) is 0. The summed E-state index contributed by atoms with van der Waals surface area (Å²) >= 11 is 1.95. The highest BCUT2D eigenvalue weighted by molar-refractivity contribution is 7.99. The van der Waals surface area contributed by atoms with Gasteiger partial charge >= 0.3 is 0 Å². The van der Waals surface area contributed by atoms with Gasteiger partial charge < -0.3 is 4.74 Å². The zero-order valence-corrected chi connectivity index (χ0v) is 14.9. The lowest BCUT2D eigenvalue weighted by atomic mass is 9.83. The van der Waals surface area contributed by atoms with E-state index >= 15 is 0 Å². The Morgan fingerprint density at radius 2 is 1.79 bits per heavy atom. The van der Waals surface area contributed by atoms with E-state index in [1.54, 1.807) is 7.11 Å². The summed E-state index contributed by atoms with van der Waals surface area (Å²) in [5.74, 6) is 2.00. The monoisotopic (exact) mass is 337 g/mol. The van der Waals surface area contributed by atoms with Crippen LogP contribution < -0.4 is 4.74 Å². The lowest BCUT2D eigenvalue weighted by Crippen LogP contribution is -2.33. The fourth-order valence-corrected chi connectivity index (χ4v) is 5.07. The van der Waals surface area contributed by atoms with Crippen molar-refractivity contribution in [2.24, 2.45) is 4.99 Å². The second kappa shape index (κ2) is 6.64. The van der Waals surface area contributed by atoms with Crippen LogP contribution in [0.3, 0.4) is 0 Å². The quantitative estimate of drug-likeness (QED) is 0.737. The molecule has 124 valence electrons. The Balaban J connectivity index is 1.86. The number of aliphatic imine (C=N–C) groups is 1. The first-order valence-corrected chi connectivity index (χ1v) is 9.75. The number of thioether (sulfide) groups is 1. The first-order chi connectivity index (χ1) is 11.8. The Morgan fingerprint density at radius 3 is 2.54 bits per heavy atom. The summed E-state index contributed by atoms with van der Waals surface area (Å²) in [6, 6.07) is 17.0. The summed E-state index contributed by atoms with van der Waals surface area (Å²) < 4.78 is 5.45. The molecule has 1 heterocycles. The Morgan fingerprint density at radius 1 is 1.00 bits per heavy atom. The highest BCUT2D eigenvalue weighted by Crippen LogP contribution is 2.42. The summed E-state index contributed by atoms with van der Waals surface area (Å²) in [6.45, 7) is 0. The van der Waals surface area contributed by atoms with E-state index < -0.39 is 0 Å². The number of rotatable bonds is 2. The number of benzene rings is 2. The minimum atomic E-state index is 0.0976. The molecule has 2 aliphatic rings. The van der Waals surface area contributed by atoms with Crippen LogP contribution in [-0.4, -0.2) is 24.1 Å². The van der Waals surface area contributed by atoms with Gasteiger partial charge in [0.1, 0.15) is 5.75 Å². The number of hydrogen-bond donors (Lipinski definition) is 0. The molecule has 0 radical (unpaired) electrons. The molecule has 1 spiro atoms. The number of fused-ring (bicyclic) bond motifs is 1. The highest BCUT2D eigenvalue weighted by Gasteiger charge is 2.35. The molecule has 2 nitrogen and oxygen atoms in total. The third-order valence-corrected chi connectivity index (χ3v) is 6.45. The van der Waals surface area contributed by atoms with E-state index in [-0.39, 0.29) is 5.54 Å². The van der Waals surface area contributed by atoms with E-state index in [4.69, 9.17) is 9.73 Å². The minimum Gasteiger partial charge on any atom is -0.497 e. The summed E-state index contributed by atoms with van der Waals surface area (Å²) in [7, 11) is 1.73. The average molecular weight is 337 g/mol. The zero-order chi connectivity index (χ0) is 16.4. The van der Waals surface area contributed by atoms with Crippen molar-refractivity contribution < 1.29 is 4.74 Å². The minimum absolute atomic E-state index is 0.0976. The molecule has 0 amide bonds. The fourth-order valence-electron chi connectivity index (χ4n) is 3.77. The normalized spacial score (nSPS) is 19.3. The lowest BCUT2D eigenvalue weighted by molar-refractivity contribution is 0.332. The Bertz CT molecular complexity index is 748. The van der Waals surface area contributed by atoms with Gasteiger partial charge in [0.2, 0.25) is 0 Å². The summed E-state index contributed by atoms with van der Waals surface area (Å²) in [4.78, 5) is 6.68. The van der Waals surface area contributed by atoms with Crippen molar-refractivity contribution in [2.45, 2.75) is 42.5 Å². The van der Waals surface area contributed by atoms with Crippen molar-refractivity contribution in [1.29, 1.82) is 0 Å². The number of nitrogens with zero attached hydrogens (tertiary/aromatic N) is 1. The van der Waals surface area contributed by atoms with Crippen LogP contribution in [0.1, 0.15) is 43.2 Å². The van der Waals surface area contributed by atoms with Crippen LogP contribution in [0.5, 0.6) is 5.75 Å². The molecule has 0 aromatic heterocycles. The topological polar surface area (TPSA) is 21.6 Å². The standard InChI is InChI=1S/C21H23NOS/c1-23-17-10-11-18-19(14-17)24-15-21(12-6-3-7-13-21)22-20(18)16-8-4-2-5-9-16/h2,4-5,8-11,14H,3,6-7,12-13,15H2,1H3. The summed E-state index contributed by atoms with van der Waals surface area (Å²) in [5.41, 5.74) is 3.71. The first-order valence-electron chi connectivity index (χ1n) is 8.76. The molecule has 1 fully saturated rings. The third kappa shape index (κ3) is 2.98. The number of ether oxygens (including phenoxy) is 1. The van der Waals surface area contributed by atoms with Crippen molar-refractivity contribution in [3.63, 3.8) is 0 Å². The van der Waals surface area contributed by atoms with Crippen LogP contribution in [0.2, 0.25) is 0 Å². The van der Waals surface area contributed by atoms with Gasteiger partial charge in [-0.25, -0.2) is 0 Å². The van der Waals surface area contributed by atoms with Crippen molar-refractivity contribution >= 4 is 17.5 Å². The van der Waals surface area contributed by atoms with Crippen LogP contribution in [0.25, 0.3) is 0 Å². The zero-order valence-electron chi connectivity index (χ0n) is 14.1. The van der Waals surface area contributed by atoms with Gasteiger partial charge in [0, 0.05) is 21.8 Å². The van der Waals surface area contributed by atoms with Crippen molar-refractivity contribution in [3.8, 4) is 5.75 Å². The first kappa shape index (κ1) is 15.8. The van der Waals surface area contributed by atoms with E-state index in [0.717, 1.165) is 17.2 Å². The molecule has 0 bridgehead atoms. The van der Waals surface area contributed by atoms with Crippen LogP contribution in [0, 0.1) is 0 Å². The molecule has 0 atom stereocenters. The van der Waals surface area contributed by atoms with Gasteiger partial charge in [-0.2, -0.15) is 0 Å². The second-order valence-electron chi connectivity index (χ2n) is 6.76. The van der Waals surface area contributed by atoms with Gasteiger partial charge in [-0.1, -0.05) is 49.6 Å². The van der Waals surface area contributed by atoms with E-state index in [1.165, 1.54) is 48.1 Å². The molecule has 1 saturated carbocycles. The van der Waals surface area contributed by atoms with Gasteiger partial charge in [-0.15, -0.1) is 11.8 Å². The molecule has 4 rings (SSSR count). The van der Waals surface area contributed by atoms with E-state index in [2.05, 4.69) is 48.5 Å². The van der Waals surface area contributed by atoms with Crippen LogP contribution in [-0.2, 0) is 0 Å². The van der Waals surface area contributed by atoms with Gasteiger partial charge in [0.25, 0.3) is 0 Å². The maximum absolute atomic E-state index is 5.45. The fraction of sp³-hybridized carbons (Fsp3) is 0.381. The Labute approximate surface area is 148 Å². The van der Waals surface area contributed by atoms with Gasteiger partial charge in [0.15, 0.2) is 0 Å². The van der Waals surface area contributed by atoms with Crippen molar-refractivity contribution in [2.75, 3.05) is 12.9 Å². The third-order valence-electron chi connectivity index (χ3n) is 5.12. The van der Waals surface area contributed by atoms with Crippen LogP contribution in [0.4, 0.5) is 0 Å². The Hall–Kier alpha value is -1.74. The molecule has 2 aromatic rings. The lowest BCUT2D eigenvalue weighted by Gasteiger charge is -2.33. The smallest absolute Gasteiger partial charge is 0.120 e. The van der Waals surface area contributed by atoms with E-state index in [1.807, 2.05) is 11.8 Å². The maximum Gasteiger partial charge on any atom is 0.120 e. The predicted molar refractivity (Wildman–Crippen MR) is 102 cm³/mol. The molecule has 1 aliphatic carbocycles. The molecular formula is C21H23NOS. The number of hydrogen-bond acceptors (Lipinski definition) is 3. The van der Waals surface area contributed by atoms with E-state index in [9.17, 15) is 0 Å². The molecule has 1 aliphatic heterocycles. The van der Waals surface area contributed by atoms with Crippen molar-refractivity contribution in [1.82, 2.24) is 0 Å². The van der Waals surface area contributed by atoms with E-state index in [0.29, 0.717) is 0 Å². The molecule has 0 N–H and O–H groups in total. The number of methoxy groups -OCH3 is 1. The van der Waals surface area contributed by atoms with Gasteiger partial charge in [0.05, 0.1) is 18.4 Å². The van der Waals surface area contributed by atoms with Gasteiger partial charge in [-0.3, -0.25) is 4.99 Å². The van der Waals surface area contributed by atoms with Crippen LogP contribution in [0.15, 0.2) is 58.4 Å². The Kier molecular flexibility index (Phi) is 4.36. The maximum atomic E-state index is 5.45.